The number of hydrogen-bond acceptors (Lipinski definition) is 3. The fraction of sp³-hybridized carbons (Fsp3) is 0.615. The summed E-state index contributed by atoms with van der Waals surface area (Å²) in [6.07, 6.45) is 7.93. The first-order chi connectivity index (χ1) is 7.76. The van der Waals surface area contributed by atoms with E-state index in [9.17, 15) is 0 Å². The third-order valence-corrected chi connectivity index (χ3v) is 2.70. The molecule has 0 bridgehead atoms. The fourth-order valence-electron chi connectivity index (χ4n) is 1.86. The van der Waals surface area contributed by atoms with Gasteiger partial charge in [0.15, 0.2) is 0 Å². The molecule has 0 saturated carbocycles. The van der Waals surface area contributed by atoms with E-state index in [4.69, 9.17) is 5.73 Å². The van der Waals surface area contributed by atoms with Gasteiger partial charge in [0.05, 0.1) is 0 Å². The normalized spacial score (nSPS) is 12.4. The van der Waals surface area contributed by atoms with Crippen LogP contribution in [-0.2, 0) is 0 Å². The van der Waals surface area contributed by atoms with Gasteiger partial charge in [-0.3, -0.25) is 0 Å². The molecule has 1 aromatic heterocycles. The minimum atomic E-state index is 0.562. The van der Waals surface area contributed by atoms with Crippen molar-refractivity contribution in [2.75, 3.05) is 11.1 Å². The van der Waals surface area contributed by atoms with E-state index >= 15 is 0 Å². The quantitative estimate of drug-likeness (QED) is 0.741. The zero-order valence-electron chi connectivity index (χ0n) is 10.4. The SMILES string of the molecule is CCCCC(CCC)Nc1ccnc(N)c1. The van der Waals surface area contributed by atoms with Gasteiger partial charge in [0, 0.05) is 24.0 Å². The van der Waals surface area contributed by atoms with E-state index in [1.54, 1.807) is 6.20 Å². The Morgan fingerprint density at radius 2 is 2.12 bits per heavy atom. The molecule has 0 aliphatic rings. The van der Waals surface area contributed by atoms with Crippen LogP contribution in [0.1, 0.15) is 46.0 Å². The molecule has 0 aliphatic heterocycles. The van der Waals surface area contributed by atoms with Gasteiger partial charge in [-0.1, -0.05) is 33.1 Å². The van der Waals surface area contributed by atoms with Crippen molar-refractivity contribution in [3.63, 3.8) is 0 Å². The number of pyridine rings is 1. The van der Waals surface area contributed by atoms with E-state index < -0.39 is 0 Å². The average Bonchev–Trinajstić information content (AvgIpc) is 2.26. The third kappa shape index (κ3) is 4.51. The Morgan fingerprint density at radius 1 is 1.31 bits per heavy atom. The molecule has 3 heteroatoms. The van der Waals surface area contributed by atoms with Crippen LogP contribution in [0.15, 0.2) is 18.3 Å². The fourth-order valence-corrected chi connectivity index (χ4v) is 1.86. The largest absolute Gasteiger partial charge is 0.384 e. The number of nitrogen functional groups attached to an aromatic ring is 1. The molecule has 0 aliphatic carbocycles. The van der Waals surface area contributed by atoms with E-state index in [2.05, 4.69) is 24.1 Å². The smallest absolute Gasteiger partial charge is 0.125 e. The molecule has 1 atom stereocenters. The highest BCUT2D eigenvalue weighted by Gasteiger charge is 2.06. The molecule has 1 aromatic rings. The second kappa shape index (κ2) is 7.09. The van der Waals surface area contributed by atoms with Crippen molar-refractivity contribution in [3.8, 4) is 0 Å². The van der Waals surface area contributed by atoms with Crippen molar-refractivity contribution in [2.45, 2.75) is 52.0 Å². The summed E-state index contributed by atoms with van der Waals surface area (Å²) in [5, 5.41) is 3.54. The average molecular weight is 221 g/mol. The van der Waals surface area contributed by atoms with Crippen molar-refractivity contribution in [1.82, 2.24) is 4.98 Å². The van der Waals surface area contributed by atoms with Gasteiger partial charge >= 0.3 is 0 Å². The number of hydrogen-bond donors (Lipinski definition) is 2. The predicted octanol–water partition coefficient (Wildman–Crippen LogP) is 3.43. The third-order valence-electron chi connectivity index (χ3n) is 2.70. The van der Waals surface area contributed by atoms with Crippen molar-refractivity contribution >= 4 is 11.5 Å². The molecular weight excluding hydrogens is 198 g/mol. The van der Waals surface area contributed by atoms with E-state index in [-0.39, 0.29) is 0 Å². The van der Waals surface area contributed by atoms with Crippen LogP contribution in [0, 0.1) is 0 Å². The van der Waals surface area contributed by atoms with Crippen LogP contribution in [0.5, 0.6) is 0 Å². The Morgan fingerprint density at radius 3 is 2.75 bits per heavy atom. The van der Waals surface area contributed by atoms with E-state index in [1.165, 1.54) is 32.1 Å². The molecule has 1 heterocycles. The van der Waals surface area contributed by atoms with Crippen molar-refractivity contribution in [1.29, 1.82) is 0 Å². The molecule has 0 radical (unpaired) electrons. The molecule has 0 spiro atoms. The number of aromatic nitrogens is 1. The van der Waals surface area contributed by atoms with Gasteiger partial charge in [0.25, 0.3) is 0 Å². The van der Waals surface area contributed by atoms with Gasteiger partial charge in [-0.25, -0.2) is 4.98 Å². The summed E-state index contributed by atoms with van der Waals surface area (Å²) in [5.74, 6) is 0.579. The number of unbranched alkanes of at least 4 members (excludes halogenated alkanes) is 1. The lowest BCUT2D eigenvalue weighted by atomic mass is 10.0. The van der Waals surface area contributed by atoms with Crippen LogP contribution in [0.3, 0.4) is 0 Å². The predicted molar refractivity (Wildman–Crippen MR) is 70.5 cm³/mol. The molecule has 16 heavy (non-hydrogen) atoms. The lowest BCUT2D eigenvalue weighted by Crippen LogP contribution is -2.19. The van der Waals surface area contributed by atoms with Crippen LogP contribution in [-0.4, -0.2) is 11.0 Å². The Balaban J connectivity index is 2.52. The second-order valence-corrected chi connectivity index (χ2v) is 4.24. The molecule has 0 fully saturated rings. The summed E-state index contributed by atoms with van der Waals surface area (Å²) in [5.41, 5.74) is 6.74. The molecule has 3 N–H and O–H groups in total. The summed E-state index contributed by atoms with van der Waals surface area (Å²) in [6, 6.07) is 4.44. The first-order valence-electron chi connectivity index (χ1n) is 6.24. The highest BCUT2D eigenvalue weighted by Crippen LogP contribution is 2.16. The number of nitrogens with two attached hydrogens (primary N) is 1. The lowest BCUT2D eigenvalue weighted by Gasteiger charge is -2.19. The van der Waals surface area contributed by atoms with E-state index in [0.717, 1.165) is 5.69 Å². The van der Waals surface area contributed by atoms with Gasteiger partial charge in [-0.2, -0.15) is 0 Å². The molecule has 90 valence electrons. The molecule has 0 aromatic carbocycles. The summed E-state index contributed by atoms with van der Waals surface area (Å²) >= 11 is 0. The van der Waals surface area contributed by atoms with Gasteiger partial charge in [-0.15, -0.1) is 0 Å². The Hall–Kier alpha value is -1.25. The maximum absolute atomic E-state index is 5.66. The first-order valence-corrected chi connectivity index (χ1v) is 6.24. The van der Waals surface area contributed by atoms with E-state index in [1.807, 2.05) is 12.1 Å². The van der Waals surface area contributed by atoms with Crippen LogP contribution in [0.2, 0.25) is 0 Å². The summed E-state index contributed by atoms with van der Waals surface area (Å²) in [6.45, 7) is 4.45. The van der Waals surface area contributed by atoms with Crippen LogP contribution in [0.4, 0.5) is 11.5 Å². The van der Waals surface area contributed by atoms with Gasteiger partial charge < -0.3 is 11.1 Å². The number of anilines is 2. The van der Waals surface area contributed by atoms with Gasteiger partial charge in [0.2, 0.25) is 0 Å². The zero-order chi connectivity index (χ0) is 11.8. The van der Waals surface area contributed by atoms with Gasteiger partial charge in [-0.05, 0) is 18.9 Å². The summed E-state index contributed by atoms with van der Waals surface area (Å²) < 4.78 is 0. The number of nitrogens with one attached hydrogen (secondary N) is 1. The summed E-state index contributed by atoms with van der Waals surface area (Å²) in [7, 11) is 0. The topological polar surface area (TPSA) is 50.9 Å². The molecule has 3 nitrogen and oxygen atoms in total. The monoisotopic (exact) mass is 221 g/mol. The lowest BCUT2D eigenvalue weighted by molar-refractivity contribution is 0.564. The highest BCUT2D eigenvalue weighted by atomic mass is 14.9. The summed E-state index contributed by atoms with van der Waals surface area (Å²) in [4.78, 5) is 3.99. The maximum atomic E-state index is 5.66. The molecular formula is C13H23N3. The zero-order valence-corrected chi connectivity index (χ0v) is 10.4. The van der Waals surface area contributed by atoms with Gasteiger partial charge in [0.1, 0.15) is 5.82 Å². The second-order valence-electron chi connectivity index (χ2n) is 4.24. The minimum absolute atomic E-state index is 0.562. The molecule has 0 saturated heterocycles. The molecule has 1 rings (SSSR count). The molecule has 1 unspecified atom stereocenters. The van der Waals surface area contributed by atoms with Crippen LogP contribution >= 0.6 is 0 Å². The van der Waals surface area contributed by atoms with Crippen LogP contribution < -0.4 is 11.1 Å². The van der Waals surface area contributed by atoms with E-state index in [0.29, 0.717) is 11.9 Å². The van der Waals surface area contributed by atoms with Crippen molar-refractivity contribution in [2.24, 2.45) is 0 Å². The van der Waals surface area contributed by atoms with Crippen molar-refractivity contribution < 1.29 is 0 Å². The number of nitrogens with zero attached hydrogens (tertiary/aromatic N) is 1. The minimum Gasteiger partial charge on any atom is -0.384 e. The Kier molecular flexibility index (Phi) is 5.68. The highest BCUT2D eigenvalue weighted by molar-refractivity contribution is 5.50. The first kappa shape index (κ1) is 12.8. The Labute approximate surface area is 98.5 Å². The molecule has 0 amide bonds. The number of rotatable bonds is 7. The maximum Gasteiger partial charge on any atom is 0.125 e. The van der Waals surface area contributed by atoms with Crippen LogP contribution in [0.25, 0.3) is 0 Å². The van der Waals surface area contributed by atoms with Crippen molar-refractivity contribution in [3.05, 3.63) is 18.3 Å². The standard InChI is InChI=1S/C13H23N3/c1-3-5-7-11(6-4-2)16-12-8-9-15-13(14)10-12/h8-11H,3-7H2,1-2H3,(H3,14,15,16). The Bertz CT molecular complexity index is 299.